The van der Waals surface area contributed by atoms with Crippen LogP contribution in [0.15, 0.2) is 0 Å². The van der Waals surface area contributed by atoms with E-state index in [2.05, 4.69) is 4.74 Å². The van der Waals surface area contributed by atoms with E-state index in [4.69, 9.17) is 11.6 Å². The molecule has 0 N–H and O–H groups in total. The van der Waals surface area contributed by atoms with Gasteiger partial charge in [-0.3, -0.25) is 9.59 Å². The first-order valence-electron chi connectivity index (χ1n) is 4.31. The zero-order valence-electron chi connectivity index (χ0n) is 8.01. The number of halogens is 1. The highest BCUT2D eigenvalue weighted by Crippen LogP contribution is 2.12. The molecule has 0 saturated heterocycles. The van der Waals surface area contributed by atoms with Gasteiger partial charge in [0.15, 0.2) is 0 Å². The highest BCUT2D eigenvalue weighted by atomic mass is 35.5. The Balaban J connectivity index is 4.01. The van der Waals surface area contributed by atoms with E-state index in [9.17, 15) is 9.59 Å². The van der Waals surface area contributed by atoms with E-state index in [1.165, 1.54) is 7.11 Å². The number of hydrogen-bond acceptors (Lipinski definition) is 3. The third-order valence-electron chi connectivity index (χ3n) is 1.93. The molecule has 0 unspecified atom stereocenters. The average molecular weight is 207 g/mol. The molecular weight excluding hydrogens is 192 g/mol. The molecule has 0 fully saturated rings. The van der Waals surface area contributed by atoms with Gasteiger partial charge in [-0.1, -0.05) is 6.92 Å². The predicted molar refractivity (Wildman–Crippen MR) is 50.8 cm³/mol. The first-order chi connectivity index (χ1) is 6.15. The van der Waals surface area contributed by atoms with Gasteiger partial charge in [0.25, 0.3) is 0 Å². The van der Waals surface area contributed by atoms with E-state index in [1.54, 1.807) is 0 Å². The molecule has 1 atom stereocenters. The number of Topliss-reactive ketones (excluding diaryl/α,β-unsaturated/α-hetero) is 1. The number of hydrogen-bond donors (Lipinski definition) is 0. The molecule has 3 nitrogen and oxygen atoms in total. The number of ketones is 1. The van der Waals surface area contributed by atoms with E-state index >= 15 is 0 Å². The molecule has 0 spiro atoms. The molecule has 13 heavy (non-hydrogen) atoms. The minimum atomic E-state index is -0.338. The van der Waals surface area contributed by atoms with Crippen LogP contribution in [0.5, 0.6) is 0 Å². The fraction of sp³-hybridized carbons (Fsp3) is 0.778. The fourth-order valence-electron chi connectivity index (χ4n) is 1.07. The summed E-state index contributed by atoms with van der Waals surface area (Å²) in [7, 11) is 1.32. The number of rotatable bonds is 6. The van der Waals surface area contributed by atoms with E-state index < -0.39 is 0 Å². The van der Waals surface area contributed by atoms with E-state index in [1.807, 2.05) is 6.92 Å². The second kappa shape index (κ2) is 6.89. The van der Waals surface area contributed by atoms with Gasteiger partial charge in [-0.15, -0.1) is 11.6 Å². The Hall–Kier alpha value is -0.570. The second-order valence-electron chi connectivity index (χ2n) is 2.79. The monoisotopic (exact) mass is 206 g/mol. The summed E-state index contributed by atoms with van der Waals surface area (Å²) < 4.78 is 4.49. The van der Waals surface area contributed by atoms with Gasteiger partial charge in [0.2, 0.25) is 0 Å². The predicted octanol–water partition coefficient (Wildman–Crippen LogP) is 1.77. The van der Waals surface area contributed by atoms with Crippen molar-refractivity contribution in [1.82, 2.24) is 0 Å². The molecule has 0 aliphatic rings. The summed E-state index contributed by atoms with van der Waals surface area (Å²) in [6.45, 7) is 1.87. The highest BCUT2D eigenvalue weighted by molar-refractivity contribution is 6.19. The molecule has 0 heterocycles. The molecule has 0 aromatic heterocycles. The van der Waals surface area contributed by atoms with Crippen molar-refractivity contribution in [2.75, 3.05) is 13.0 Å². The van der Waals surface area contributed by atoms with Crippen molar-refractivity contribution in [1.29, 1.82) is 0 Å². The lowest BCUT2D eigenvalue weighted by Gasteiger charge is -2.10. The van der Waals surface area contributed by atoms with Gasteiger partial charge < -0.3 is 4.74 Å². The van der Waals surface area contributed by atoms with Gasteiger partial charge in [0, 0.05) is 18.2 Å². The molecule has 0 amide bonds. The van der Waals surface area contributed by atoms with Crippen LogP contribution in [-0.4, -0.2) is 24.7 Å². The zero-order chi connectivity index (χ0) is 10.3. The lowest BCUT2D eigenvalue weighted by atomic mass is 9.96. The number of ether oxygens (including phenoxy) is 1. The van der Waals surface area contributed by atoms with Gasteiger partial charge in [0.1, 0.15) is 5.78 Å². The van der Waals surface area contributed by atoms with Crippen molar-refractivity contribution in [2.24, 2.45) is 5.92 Å². The Morgan fingerprint density at radius 1 is 1.46 bits per heavy atom. The Labute approximate surface area is 83.4 Å². The van der Waals surface area contributed by atoms with Crippen LogP contribution in [0, 0.1) is 5.92 Å². The third-order valence-corrected chi connectivity index (χ3v) is 2.12. The summed E-state index contributed by atoms with van der Waals surface area (Å²) >= 11 is 5.43. The van der Waals surface area contributed by atoms with Crippen molar-refractivity contribution in [2.45, 2.75) is 26.2 Å². The topological polar surface area (TPSA) is 43.4 Å². The fourth-order valence-corrected chi connectivity index (χ4v) is 1.25. The quantitative estimate of drug-likeness (QED) is 0.492. The van der Waals surface area contributed by atoms with E-state index in [0.717, 1.165) is 0 Å². The smallest absolute Gasteiger partial charge is 0.306 e. The minimum absolute atomic E-state index is 0.0444. The van der Waals surface area contributed by atoms with Crippen molar-refractivity contribution >= 4 is 23.4 Å². The number of carbonyl (C=O) groups excluding carboxylic acids is 2. The molecule has 4 heteroatoms. The number of methoxy groups -OCH3 is 1. The van der Waals surface area contributed by atoms with Crippen LogP contribution < -0.4 is 0 Å². The molecule has 0 aromatic carbocycles. The molecule has 0 radical (unpaired) electrons. The van der Waals surface area contributed by atoms with Gasteiger partial charge in [0.05, 0.1) is 13.5 Å². The molecule has 0 bridgehead atoms. The van der Waals surface area contributed by atoms with E-state index in [0.29, 0.717) is 18.7 Å². The summed E-state index contributed by atoms with van der Waals surface area (Å²) in [5.41, 5.74) is 0. The van der Waals surface area contributed by atoms with Crippen LogP contribution in [0.1, 0.15) is 26.2 Å². The SMILES string of the molecule is CC[C@@H](CC(=O)OC)C(=O)CCCl. The van der Waals surface area contributed by atoms with Gasteiger partial charge in [-0.25, -0.2) is 0 Å². The number of esters is 1. The van der Waals surface area contributed by atoms with Crippen LogP contribution in [0.4, 0.5) is 0 Å². The zero-order valence-corrected chi connectivity index (χ0v) is 8.76. The first-order valence-corrected chi connectivity index (χ1v) is 4.84. The van der Waals surface area contributed by atoms with Crippen molar-refractivity contribution < 1.29 is 14.3 Å². The third kappa shape index (κ3) is 4.88. The summed E-state index contributed by atoms with van der Waals surface area (Å²) in [6, 6.07) is 0. The van der Waals surface area contributed by atoms with Crippen molar-refractivity contribution in [3.05, 3.63) is 0 Å². The molecule has 76 valence electrons. The second-order valence-corrected chi connectivity index (χ2v) is 3.17. The standard InChI is InChI=1S/C9H15ClO3/c1-3-7(6-9(12)13-2)8(11)4-5-10/h7H,3-6H2,1-2H3/t7-/m0/s1. The Morgan fingerprint density at radius 2 is 2.08 bits per heavy atom. The minimum Gasteiger partial charge on any atom is -0.469 e. The Morgan fingerprint density at radius 3 is 2.46 bits per heavy atom. The molecule has 0 rings (SSSR count). The molecule has 0 saturated carbocycles. The van der Waals surface area contributed by atoms with Gasteiger partial charge in [-0.05, 0) is 6.42 Å². The lowest BCUT2D eigenvalue weighted by Crippen LogP contribution is -2.18. The van der Waals surface area contributed by atoms with Gasteiger partial charge in [-0.2, -0.15) is 0 Å². The summed E-state index contributed by atoms with van der Waals surface area (Å²) in [5, 5.41) is 0. The maximum absolute atomic E-state index is 11.3. The number of alkyl halides is 1. The van der Waals surface area contributed by atoms with Crippen LogP contribution in [0.25, 0.3) is 0 Å². The summed E-state index contributed by atoms with van der Waals surface area (Å²) in [5.74, 6) is -0.208. The summed E-state index contributed by atoms with van der Waals surface area (Å²) in [6.07, 6.45) is 1.16. The molecular formula is C9H15ClO3. The lowest BCUT2D eigenvalue weighted by molar-refractivity contribution is -0.143. The average Bonchev–Trinajstić information content (AvgIpc) is 2.14. The van der Waals surface area contributed by atoms with Crippen LogP contribution in [0.3, 0.4) is 0 Å². The van der Waals surface area contributed by atoms with Crippen LogP contribution in [-0.2, 0) is 14.3 Å². The normalized spacial score (nSPS) is 12.2. The number of carbonyl (C=O) groups is 2. The molecule has 0 aliphatic carbocycles. The molecule has 0 aliphatic heterocycles. The van der Waals surface area contributed by atoms with Gasteiger partial charge >= 0.3 is 5.97 Å². The Bertz CT molecular complexity index is 180. The largest absolute Gasteiger partial charge is 0.469 e. The highest BCUT2D eigenvalue weighted by Gasteiger charge is 2.19. The van der Waals surface area contributed by atoms with E-state index in [-0.39, 0.29) is 24.1 Å². The van der Waals surface area contributed by atoms with Crippen molar-refractivity contribution in [3.63, 3.8) is 0 Å². The molecule has 0 aromatic rings. The van der Waals surface area contributed by atoms with Crippen LogP contribution >= 0.6 is 11.6 Å². The van der Waals surface area contributed by atoms with Crippen molar-refractivity contribution in [3.8, 4) is 0 Å². The Kier molecular flexibility index (Phi) is 6.59. The summed E-state index contributed by atoms with van der Waals surface area (Å²) in [4.78, 5) is 22.2. The maximum atomic E-state index is 11.3. The van der Waals surface area contributed by atoms with Crippen LogP contribution in [0.2, 0.25) is 0 Å². The maximum Gasteiger partial charge on any atom is 0.306 e. The first kappa shape index (κ1) is 12.4.